The maximum absolute atomic E-state index is 12.8. The van der Waals surface area contributed by atoms with E-state index in [1.165, 1.54) is 94.2 Å². The van der Waals surface area contributed by atoms with Crippen LogP contribution in [0.3, 0.4) is 0 Å². The van der Waals surface area contributed by atoms with Gasteiger partial charge < -0.3 is 5.73 Å². The maximum Gasteiger partial charge on any atom is 0.243 e. The van der Waals surface area contributed by atoms with Gasteiger partial charge in [0.15, 0.2) is 0 Å². The minimum Gasteiger partial charge on any atom is -0.399 e. The van der Waals surface area contributed by atoms with E-state index in [0.717, 1.165) is 18.4 Å². The molecule has 0 fully saturated rings. The summed E-state index contributed by atoms with van der Waals surface area (Å²) in [5, 5.41) is 0. The molecular formula is C26H48N2O2S. The van der Waals surface area contributed by atoms with Gasteiger partial charge in [0, 0.05) is 19.3 Å². The van der Waals surface area contributed by atoms with Gasteiger partial charge in [-0.05, 0) is 31.0 Å². The molecule has 0 aromatic heterocycles. The van der Waals surface area contributed by atoms with Gasteiger partial charge in [0.05, 0.1) is 4.90 Å². The second kappa shape index (κ2) is 16.5. The number of rotatable bonds is 19. The van der Waals surface area contributed by atoms with Crippen LogP contribution in [-0.2, 0) is 10.0 Å². The number of nitrogen functional groups attached to an aromatic ring is 1. The normalized spacial score (nSPS) is 12.0. The molecule has 1 aromatic carbocycles. The fourth-order valence-electron chi connectivity index (χ4n) is 4.07. The Bertz CT molecular complexity index is 689. The molecule has 0 amide bonds. The third-order valence-corrected chi connectivity index (χ3v) is 8.23. The highest BCUT2D eigenvalue weighted by Gasteiger charge is 2.22. The van der Waals surface area contributed by atoms with Crippen molar-refractivity contribution < 1.29 is 8.42 Å². The van der Waals surface area contributed by atoms with Gasteiger partial charge in [0.2, 0.25) is 10.0 Å². The van der Waals surface area contributed by atoms with E-state index >= 15 is 0 Å². The lowest BCUT2D eigenvalue weighted by atomic mass is 10.0. The van der Waals surface area contributed by atoms with Crippen molar-refractivity contribution >= 4 is 15.7 Å². The molecule has 1 aromatic rings. The van der Waals surface area contributed by atoms with Crippen molar-refractivity contribution in [2.75, 3.05) is 19.3 Å². The van der Waals surface area contributed by atoms with Gasteiger partial charge in [-0.3, -0.25) is 0 Å². The van der Waals surface area contributed by atoms with E-state index in [1.807, 2.05) is 6.92 Å². The van der Waals surface area contributed by atoms with E-state index in [2.05, 4.69) is 6.92 Å². The molecule has 31 heavy (non-hydrogen) atoms. The Balaban J connectivity index is 2.01. The van der Waals surface area contributed by atoms with Gasteiger partial charge in [0.25, 0.3) is 0 Å². The summed E-state index contributed by atoms with van der Waals surface area (Å²) in [6.07, 6.45) is 21.1. The number of hydrogen-bond donors (Lipinski definition) is 1. The summed E-state index contributed by atoms with van der Waals surface area (Å²) in [5.74, 6) is 0. The maximum atomic E-state index is 12.8. The molecule has 5 heteroatoms. The smallest absolute Gasteiger partial charge is 0.243 e. The zero-order valence-corrected chi connectivity index (χ0v) is 21.3. The molecule has 0 heterocycles. The van der Waals surface area contributed by atoms with E-state index in [0.29, 0.717) is 17.1 Å². The summed E-state index contributed by atoms with van der Waals surface area (Å²) in [4.78, 5) is 0.325. The number of unbranched alkanes of at least 4 members (excludes halogenated alkanes) is 15. The lowest BCUT2D eigenvalue weighted by molar-refractivity contribution is 0.447. The Morgan fingerprint density at radius 2 is 1.16 bits per heavy atom. The number of hydrogen-bond acceptors (Lipinski definition) is 3. The molecule has 0 bridgehead atoms. The standard InChI is InChI=1S/C26H48N2O2S/c1-4-5-6-7-8-9-10-11-12-13-14-15-16-17-18-19-22-28(3)31(29,30)26-23-25(27)21-20-24(26)2/h20-21,23H,4-19,22,27H2,1-3H3. The molecule has 0 unspecified atom stereocenters. The quantitative estimate of drug-likeness (QED) is 0.175. The largest absolute Gasteiger partial charge is 0.399 e. The second-order valence-corrected chi connectivity index (χ2v) is 11.2. The number of nitrogens with zero attached hydrogens (tertiary/aromatic N) is 1. The van der Waals surface area contributed by atoms with Crippen LogP contribution < -0.4 is 5.73 Å². The van der Waals surface area contributed by atoms with Gasteiger partial charge in [-0.1, -0.05) is 109 Å². The first kappa shape index (κ1) is 28.0. The van der Waals surface area contributed by atoms with Crippen LogP contribution >= 0.6 is 0 Å². The van der Waals surface area contributed by atoms with Crippen LogP contribution in [0.5, 0.6) is 0 Å². The fraction of sp³-hybridized carbons (Fsp3) is 0.769. The molecule has 0 saturated heterocycles. The Morgan fingerprint density at radius 1 is 0.742 bits per heavy atom. The van der Waals surface area contributed by atoms with Crippen molar-refractivity contribution in [2.24, 2.45) is 0 Å². The molecule has 180 valence electrons. The fourth-order valence-corrected chi connectivity index (χ4v) is 5.53. The monoisotopic (exact) mass is 452 g/mol. The van der Waals surface area contributed by atoms with Crippen LogP contribution in [0.25, 0.3) is 0 Å². The van der Waals surface area contributed by atoms with Crippen molar-refractivity contribution in [2.45, 2.75) is 121 Å². The molecule has 0 aliphatic heterocycles. The summed E-state index contributed by atoms with van der Waals surface area (Å²) in [6, 6.07) is 5.07. The Labute approximate surface area is 193 Å². The molecule has 4 nitrogen and oxygen atoms in total. The van der Waals surface area contributed by atoms with Crippen LogP contribution in [0.4, 0.5) is 5.69 Å². The van der Waals surface area contributed by atoms with Crippen LogP contribution in [0.1, 0.15) is 115 Å². The molecule has 1 rings (SSSR count). The van der Waals surface area contributed by atoms with E-state index in [-0.39, 0.29) is 0 Å². The van der Waals surface area contributed by atoms with E-state index in [9.17, 15) is 8.42 Å². The van der Waals surface area contributed by atoms with Gasteiger partial charge >= 0.3 is 0 Å². The Morgan fingerprint density at radius 3 is 1.61 bits per heavy atom. The highest BCUT2D eigenvalue weighted by atomic mass is 32.2. The Hall–Kier alpha value is -1.07. The zero-order chi connectivity index (χ0) is 23.0. The summed E-state index contributed by atoms with van der Waals surface area (Å²) in [7, 11) is -1.79. The molecule has 0 spiro atoms. The first-order valence-electron chi connectivity index (χ1n) is 12.7. The predicted molar refractivity (Wildman–Crippen MR) is 135 cm³/mol. The SMILES string of the molecule is CCCCCCCCCCCCCCCCCCN(C)S(=O)(=O)c1cc(N)ccc1C. The molecule has 2 N–H and O–H groups in total. The van der Waals surface area contributed by atoms with Crippen molar-refractivity contribution in [3.8, 4) is 0 Å². The van der Waals surface area contributed by atoms with Crippen molar-refractivity contribution in [3.05, 3.63) is 23.8 Å². The molecular weight excluding hydrogens is 404 g/mol. The van der Waals surface area contributed by atoms with Crippen LogP contribution in [0, 0.1) is 6.92 Å². The van der Waals surface area contributed by atoms with Crippen LogP contribution in [-0.4, -0.2) is 26.3 Å². The second-order valence-electron chi connectivity index (χ2n) is 9.15. The molecule has 0 radical (unpaired) electrons. The van der Waals surface area contributed by atoms with Crippen molar-refractivity contribution in [1.82, 2.24) is 4.31 Å². The van der Waals surface area contributed by atoms with Gasteiger partial charge in [-0.25, -0.2) is 12.7 Å². The minimum absolute atomic E-state index is 0.325. The number of nitrogens with two attached hydrogens (primary N) is 1. The molecule has 0 aliphatic carbocycles. The molecule has 0 aliphatic rings. The first-order valence-corrected chi connectivity index (χ1v) is 14.2. The lowest BCUT2D eigenvalue weighted by Gasteiger charge is -2.18. The zero-order valence-electron chi connectivity index (χ0n) is 20.5. The molecule has 0 atom stereocenters. The van der Waals surface area contributed by atoms with Crippen LogP contribution in [0.15, 0.2) is 23.1 Å². The van der Waals surface area contributed by atoms with E-state index in [1.54, 1.807) is 25.2 Å². The summed E-state index contributed by atoms with van der Waals surface area (Å²) >= 11 is 0. The van der Waals surface area contributed by atoms with Crippen LogP contribution in [0.2, 0.25) is 0 Å². The Kier molecular flexibility index (Phi) is 14.9. The summed E-state index contributed by atoms with van der Waals surface area (Å²) in [5.41, 5.74) is 7.01. The van der Waals surface area contributed by atoms with E-state index < -0.39 is 10.0 Å². The van der Waals surface area contributed by atoms with Gasteiger partial charge in [0.1, 0.15) is 0 Å². The van der Waals surface area contributed by atoms with Crippen molar-refractivity contribution in [1.29, 1.82) is 0 Å². The lowest BCUT2D eigenvalue weighted by Crippen LogP contribution is -2.28. The van der Waals surface area contributed by atoms with Gasteiger partial charge in [-0.15, -0.1) is 0 Å². The topological polar surface area (TPSA) is 63.4 Å². The third kappa shape index (κ3) is 11.9. The van der Waals surface area contributed by atoms with Gasteiger partial charge in [-0.2, -0.15) is 0 Å². The first-order chi connectivity index (χ1) is 14.9. The van der Waals surface area contributed by atoms with E-state index in [4.69, 9.17) is 5.73 Å². The number of anilines is 1. The molecule has 0 saturated carbocycles. The minimum atomic E-state index is -3.46. The average molecular weight is 453 g/mol. The number of aryl methyl sites for hydroxylation is 1. The average Bonchev–Trinajstić information content (AvgIpc) is 2.74. The summed E-state index contributed by atoms with van der Waals surface area (Å²) in [6.45, 7) is 4.65. The number of sulfonamides is 1. The highest BCUT2D eigenvalue weighted by molar-refractivity contribution is 7.89. The predicted octanol–water partition coefficient (Wildman–Crippen LogP) is 7.46. The third-order valence-electron chi connectivity index (χ3n) is 6.23. The summed E-state index contributed by atoms with van der Waals surface area (Å²) < 4.78 is 27.0. The highest BCUT2D eigenvalue weighted by Crippen LogP contribution is 2.22. The van der Waals surface area contributed by atoms with Crippen molar-refractivity contribution in [3.63, 3.8) is 0 Å². The number of benzene rings is 1.